The minimum atomic E-state index is -1.13. The molecule has 0 radical (unpaired) electrons. The molecule has 0 aromatic heterocycles. The van der Waals surface area contributed by atoms with Crippen molar-refractivity contribution in [1.29, 1.82) is 0 Å². The summed E-state index contributed by atoms with van der Waals surface area (Å²) in [6, 6.07) is 5.90. The minimum Gasteiger partial charge on any atom is -0.481 e. The molecule has 0 saturated heterocycles. The molecular formula is C17H21N3O6. The smallest absolute Gasteiger partial charge is 0.310 e. The van der Waals surface area contributed by atoms with Crippen LogP contribution in [0.1, 0.15) is 32.3 Å². The second-order valence-corrected chi connectivity index (χ2v) is 5.91. The normalized spacial score (nSPS) is 17.2. The summed E-state index contributed by atoms with van der Waals surface area (Å²) in [5.74, 6) is -2.43. The van der Waals surface area contributed by atoms with Gasteiger partial charge in [0.05, 0.1) is 10.6 Å². The van der Waals surface area contributed by atoms with E-state index in [9.17, 15) is 24.8 Å². The van der Waals surface area contributed by atoms with Crippen molar-refractivity contribution >= 4 is 23.3 Å². The van der Waals surface area contributed by atoms with E-state index in [0.717, 1.165) is 0 Å². The fourth-order valence-electron chi connectivity index (χ4n) is 2.85. The van der Waals surface area contributed by atoms with Crippen LogP contribution in [-0.2, 0) is 14.4 Å². The Labute approximate surface area is 150 Å². The average Bonchev–Trinajstić information content (AvgIpc) is 3.10. The Morgan fingerprint density at radius 3 is 2.69 bits per heavy atom. The zero-order valence-corrected chi connectivity index (χ0v) is 14.6. The van der Waals surface area contributed by atoms with Crippen molar-refractivity contribution in [2.75, 3.05) is 13.1 Å². The van der Waals surface area contributed by atoms with Crippen molar-refractivity contribution in [2.24, 2.45) is 11.1 Å². The lowest BCUT2D eigenvalue weighted by molar-refractivity contribution is -0.384. The van der Waals surface area contributed by atoms with Crippen molar-refractivity contribution in [1.82, 2.24) is 4.90 Å². The van der Waals surface area contributed by atoms with Gasteiger partial charge < -0.3 is 14.8 Å². The number of nitrogens with zero attached hydrogens (tertiary/aromatic N) is 3. The van der Waals surface area contributed by atoms with Gasteiger partial charge in [0, 0.05) is 43.6 Å². The first-order valence-corrected chi connectivity index (χ1v) is 8.35. The maximum atomic E-state index is 12.2. The summed E-state index contributed by atoms with van der Waals surface area (Å²) in [5, 5.41) is 24.3. The van der Waals surface area contributed by atoms with Crippen LogP contribution in [0, 0.1) is 16.0 Å². The van der Waals surface area contributed by atoms with E-state index in [-0.39, 0.29) is 24.4 Å². The van der Waals surface area contributed by atoms with E-state index in [2.05, 4.69) is 5.16 Å². The molecule has 0 saturated carbocycles. The molecule has 0 aliphatic carbocycles. The summed E-state index contributed by atoms with van der Waals surface area (Å²) in [7, 11) is 0. The Kier molecular flexibility index (Phi) is 6.26. The van der Waals surface area contributed by atoms with Crippen LogP contribution in [0.3, 0.4) is 0 Å². The lowest BCUT2D eigenvalue weighted by atomic mass is 9.92. The number of hydrogen-bond donors (Lipinski definition) is 1. The SMILES string of the molecule is CCN(CC)C(=O)CC(C(=O)O)C1CC(c2cccc([N+](=O)[O-])c2)=NO1. The Hall–Kier alpha value is -2.97. The predicted molar refractivity (Wildman–Crippen MR) is 92.8 cm³/mol. The fourth-order valence-corrected chi connectivity index (χ4v) is 2.85. The summed E-state index contributed by atoms with van der Waals surface area (Å²) < 4.78 is 0. The van der Waals surface area contributed by atoms with E-state index >= 15 is 0 Å². The van der Waals surface area contributed by atoms with Crippen LogP contribution in [0.5, 0.6) is 0 Å². The Morgan fingerprint density at radius 2 is 2.12 bits per heavy atom. The summed E-state index contributed by atoms with van der Waals surface area (Å²) in [6.07, 6.45) is -0.801. The number of carbonyl (C=O) groups excluding carboxylic acids is 1. The van der Waals surface area contributed by atoms with Gasteiger partial charge in [-0.15, -0.1) is 0 Å². The fraction of sp³-hybridized carbons (Fsp3) is 0.471. The van der Waals surface area contributed by atoms with Crippen LogP contribution in [-0.4, -0.2) is 51.7 Å². The van der Waals surface area contributed by atoms with Crippen molar-refractivity contribution in [3.05, 3.63) is 39.9 Å². The van der Waals surface area contributed by atoms with Gasteiger partial charge in [-0.2, -0.15) is 0 Å². The van der Waals surface area contributed by atoms with Gasteiger partial charge in [-0.05, 0) is 13.8 Å². The van der Waals surface area contributed by atoms with E-state index in [1.165, 1.54) is 18.2 Å². The number of hydrogen-bond acceptors (Lipinski definition) is 6. The molecule has 2 unspecified atom stereocenters. The van der Waals surface area contributed by atoms with E-state index < -0.39 is 22.9 Å². The van der Waals surface area contributed by atoms with Gasteiger partial charge in [-0.25, -0.2) is 0 Å². The number of nitro groups is 1. The van der Waals surface area contributed by atoms with E-state index in [1.54, 1.807) is 11.0 Å². The molecule has 1 heterocycles. The van der Waals surface area contributed by atoms with Gasteiger partial charge in [0.25, 0.3) is 5.69 Å². The van der Waals surface area contributed by atoms with Gasteiger partial charge >= 0.3 is 5.97 Å². The topological polar surface area (TPSA) is 122 Å². The number of benzene rings is 1. The van der Waals surface area contributed by atoms with Gasteiger partial charge in [-0.3, -0.25) is 19.7 Å². The highest BCUT2D eigenvalue weighted by Crippen LogP contribution is 2.26. The maximum absolute atomic E-state index is 12.2. The van der Waals surface area contributed by atoms with Gasteiger partial charge in [0.2, 0.25) is 5.91 Å². The van der Waals surface area contributed by atoms with E-state index in [0.29, 0.717) is 24.4 Å². The molecule has 140 valence electrons. The number of non-ortho nitro benzene ring substituents is 1. The van der Waals surface area contributed by atoms with Crippen molar-refractivity contribution in [2.45, 2.75) is 32.8 Å². The highest BCUT2D eigenvalue weighted by atomic mass is 16.6. The Morgan fingerprint density at radius 1 is 1.42 bits per heavy atom. The molecule has 9 nitrogen and oxygen atoms in total. The zero-order chi connectivity index (χ0) is 19.3. The number of nitro benzene ring substituents is 1. The first-order chi connectivity index (χ1) is 12.4. The second kappa shape index (κ2) is 8.41. The molecule has 1 aliphatic heterocycles. The van der Waals surface area contributed by atoms with Crippen molar-refractivity contribution in [3.8, 4) is 0 Å². The molecule has 0 bridgehead atoms. The Bertz CT molecular complexity index is 729. The summed E-state index contributed by atoms with van der Waals surface area (Å²) in [5.41, 5.74) is 0.848. The molecule has 0 spiro atoms. The van der Waals surface area contributed by atoms with Crippen LogP contribution < -0.4 is 0 Å². The lowest BCUT2D eigenvalue weighted by Gasteiger charge is -2.23. The van der Waals surface area contributed by atoms with Crippen molar-refractivity contribution in [3.63, 3.8) is 0 Å². The number of amides is 1. The van der Waals surface area contributed by atoms with Crippen LogP contribution in [0.2, 0.25) is 0 Å². The standard InChI is InChI=1S/C17H21N3O6/c1-3-19(4-2)16(21)9-13(17(22)23)15-10-14(18-26-15)11-6-5-7-12(8-11)20(24)25/h5-8,13,15H,3-4,9-10H2,1-2H3,(H,22,23). The lowest BCUT2D eigenvalue weighted by Crippen LogP contribution is -2.37. The van der Waals surface area contributed by atoms with Gasteiger partial charge in [0.15, 0.2) is 0 Å². The molecule has 26 heavy (non-hydrogen) atoms. The van der Waals surface area contributed by atoms with E-state index in [1.807, 2.05) is 13.8 Å². The first kappa shape index (κ1) is 19.4. The average molecular weight is 363 g/mol. The molecule has 0 fully saturated rings. The largest absolute Gasteiger partial charge is 0.481 e. The third kappa shape index (κ3) is 4.35. The number of rotatable bonds is 8. The highest BCUT2D eigenvalue weighted by Gasteiger charge is 2.37. The van der Waals surface area contributed by atoms with Crippen LogP contribution in [0.4, 0.5) is 5.69 Å². The van der Waals surface area contributed by atoms with E-state index in [4.69, 9.17) is 4.84 Å². The molecule has 2 atom stereocenters. The summed E-state index contributed by atoms with van der Waals surface area (Å²) >= 11 is 0. The molecule has 1 aliphatic rings. The molecular weight excluding hydrogens is 342 g/mol. The third-order valence-corrected chi connectivity index (χ3v) is 4.36. The summed E-state index contributed by atoms with van der Waals surface area (Å²) in [6.45, 7) is 4.66. The zero-order valence-electron chi connectivity index (χ0n) is 14.6. The maximum Gasteiger partial charge on any atom is 0.310 e. The number of oxime groups is 1. The van der Waals surface area contributed by atoms with Gasteiger partial charge in [0.1, 0.15) is 12.0 Å². The number of carboxylic acid groups (broad SMARTS) is 1. The minimum absolute atomic E-state index is 0.0832. The third-order valence-electron chi connectivity index (χ3n) is 4.36. The molecule has 1 aromatic rings. The summed E-state index contributed by atoms with van der Waals surface area (Å²) in [4.78, 5) is 41.1. The van der Waals surface area contributed by atoms with Crippen LogP contribution in [0.25, 0.3) is 0 Å². The number of aliphatic carboxylic acids is 1. The predicted octanol–water partition coefficient (Wildman–Crippen LogP) is 2.05. The Balaban J connectivity index is 2.10. The highest BCUT2D eigenvalue weighted by molar-refractivity contribution is 6.02. The molecule has 1 N–H and O–H groups in total. The molecule has 9 heteroatoms. The number of carbonyl (C=O) groups is 2. The second-order valence-electron chi connectivity index (χ2n) is 5.91. The van der Waals surface area contributed by atoms with Gasteiger partial charge in [-0.1, -0.05) is 17.3 Å². The molecule has 2 rings (SSSR count). The molecule has 1 amide bonds. The number of carboxylic acids is 1. The first-order valence-electron chi connectivity index (χ1n) is 8.35. The monoisotopic (exact) mass is 363 g/mol. The molecule has 1 aromatic carbocycles. The van der Waals surface area contributed by atoms with Crippen LogP contribution >= 0.6 is 0 Å². The van der Waals surface area contributed by atoms with Crippen molar-refractivity contribution < 1.29 is 24.5 Å². The quantitative estimate of drug-likeness (QED) is 0.557. The van der Waals surface area contributed by atoms with Crippen LogP contribution in [0.15, 0.2) is 29.4 Å².